The average molecular weight is 193 g/mol. The second-order valence-electron chi connectivity index (χ2n) is 2.83. The molecule has 2 aromatic rings. The smallest absolute Gasteiger partial charge is 0.165 e. The first-order valence-electron chi connectivity index (χ1n) is 4.32. The maximum absolute atomic E-state index is 5.44. The van der Waals surface area contributed by atoms with E-state index in [1.807, 2.05) is 6.92 Å². The van der Waals surface area contributed by atoms with Crippen molar-refractivity contribution in [1.82, 2.24) is 29.8 Å². The molecule has 0 saturated carbocycles. The third kappa shape index (κ3) is 1.56. The molecule has 74 valence electrons. The quantitative estimate of drug-likeness (QED) is 0.711. The zero-order valence-corrected chi connectivity index (χ0v) is 7.83. The van der Waals surface area contributed by atoms with Gasteiger partial charge in [-0.1, -0.05) is 5.21 Å². The predicted molar refractivity (Wildman–Crippen MR) is 49.2 cm³/mol. The molecule has 0 aliphatic rings. The lowest BCUT2D eigenvalue weighted by atomic mass is 10.5. The van der Waals surface area contributed by atoms with E-state index in [2.05, 4.69) is 20.4 Å². The van der Waals surface area contributed by atoms with Crippen molar-refractivity contribution in [1.29, 1.82) is 0 Å². The van der Waals surface area contributed by atoms with Crippen LogP contribution in [0.4, 0.5) is 5.82 Å². The summed E-state index contributed by atoms with van der Waals surface area (Å²) in [5.74, 6) is 1.25. The molecule has 0 aliphatic carbocycles. The molecule has 7 nitrogen and oxygen atoms in total. The molecule has 0 saturated heterocycles. The SMILES string of the molecule is CCn1ncnc1Cn1cc(N)nn1. The highest BCUT2D eigenvalue weighted by Crippen LogP contribution is 1.99. The lowest BCUT2D eigenvalue weighted by Crippen LogP contribution is -2.09. The molecule has 0 atom stereocenters. The summed E-state index contributed by atoms with van der Waals surface area (Å²) in [6.45, 7) is 3.34. The lowest BCUT2D eigenvalue weighted by molar-refractivity contribution is 0.557. The molecular weight excluding hydrogens is 182 g/mol. The lowest BCUT2D eigenvalue weighted by Gasteiger charge is -2.01. The van der Waals surface area contributed by atoms with Gasteiger partial charge in [0.1, 0.15) is 18.7 Å². The molecule has 0 amide bonds. The van der Waals surface area contributed by atoms with Crippen LogP contribution in [-0.4, -0.2) is 29.8 Å². The third-order valence-corrected chi connectivity index (χ3v) is 1.86. The van der Waals surface area contributed by atoms with E-state index in [0.717, 1.165) is 12.4 Å². The Labute approximate surface area is 80.5 Å². The Morgan fingerprint density at radius 1 is 1.50 bits per heavy atom. The molecule has 0 fully saturated rings. The van der Waals surface area contributed by atoms with E-state index in [1.54, 1.807) is 15.6 Å². The summed E-state index contributed by atoms with van der Waals surface area (Å²) in [7, 11) is 0. The maximum atomic E-state index is 5.44. The van der Waals surface area contributed by atoms with Crippen molar-refractivity contribution in [2.75, 3.05) is 5.73 Å². The minimum atomic E-state index is 0.410. The van der Waals surface area contributed by atoms with Gasteiger partial charge in [0.15, 0.2) is 5.82 Å². The van der Waals surface area contributed by atoms with Crippen LogP contribution in [0.1, 0.15) is 12.7 Å². The highest BCUT2D eigenvalue weighted by molar-refractivity contribution is 5.20. The van der Waals surface area contributed by atoms with Gasteiger partial charge in [-0.3, -0.25) is 0 Å². The van der Waals surface area contributed by atoms with Crippen molar-refractivity contribution in [3.8, 4) is 0 Å². The second-order valence-corrected chi connectivity index (χ2v) is 2.83. The van der Waals surface area contributed by atoms with Gasteiger partial charge in [0, 0.05) is 6.54 Å². The Morgan fingerprint density at radius 2 is 2.36 bits per heavy atom. The van der Waals surface area contributed by atoms with Gasteiger partial charge < -0.3 is 5.73 Å². The van der Waals surface area contributed by atoms with Crippen molar-refractivity contribution in [3.05, 3.63) is 18.3 Å². The van der Waals surface area contributed by atoms with Gasteiger partial charge in [0.2, 0.25) is 0 Å². The fraction of sp³-hybridized carbons (Fsp3) is 0.429. The fourth-order valence-electron chi connectivity index (χ4n) is 1.21. The van der Waals surface area contributed by atoms with Gasteiger partial charge in [0.25, 0.3) is 0 Å². The van der Waals surface area contributed by atoms with Gasteiger partial charge in [-0.25, -0.2) is 14.3 Å². The van der Waals surface area contributed by atoms with Gasteiger partial charge in [-0.05, 0) is 6.92 Å². The first kappa shape index (κ1) is 8.67. The molecule has 2 aromatic heterocycles. The number of aromatic nitrogens is 6. The molecule has 2 rings (SSSR count). The highest BCUT2D eigenvalue weighted by atomic mass is 15.4. The molecule has 0 aromatic carbocycles. The molecule has 7 heteroatoms. The van der Waals surface area contributed by atoms with Crippen molar-refractivity contribution in [3.63, 3.8) is 0 Å². The Morgan fingerprint density at radius 3 is 3.00 bits per heavy atom. The van der Waals surface area contributed by atoms with Crippen LogP contribution in [-0.2, 0) is 13.1 Å². The minimum Gasteiger partial charge on any atom is -0.381 e. The largest absolute Gasteiger partial charge is 0.381 e. The van der Waals surface area contributed by atoms with Crippen molar-refractivity contribution >= 4 is 5.82 Å². The van der Waals surface area contributed by atoms with Crippen LogP contribution in [0, 0.1) is 0 Å². The second kappa shape index (κ2) is 3.44. The van der Waals surface area contributed by atoms with E-state index in [1.165, 1.54) is 6.33 Å². The molecule has 2 heterocycles. The molecular formula is C7H11N7. The zero-order valence-electron chi connectivity index (χ0n) is 7.83. The van der Waals surface area contributed by atoms with E-state index >= 15 is 0 Å². The first-order valence-corrected chi connectivity index (χ1v) is 4.32. The summed E-state index contributed by atoms with van der Waals surface area (Å²) in [5, 5.41) is 11.6. The van der Waals surface area contributed by atoms with Gasteiger partial charge >= 0.3 is 0 Å². The molecule has 0 bridgehead atoms. The molecule has 0 unspecified atom stereocenters. The molecule has 0 aliphatic heterocycles. The first-order chi connectivity index (χ1) is 6.79. The van der Waals surface area contributed by atoms with Crippen molar-refractivity contribution in [2.45, 2.75) is 20.0 Å². The highest BCUT2D eigenvalue weighted by Gasteiger charge is 2.04. The number of nitrogen functional groups attached to an aromatic ring is 1. The van der Waals surface area contributed by atoms with E-state index in [0.29, 0.717) is 12.4 Å². The van der Waals surface area contributed by atoms with Gasteiger partial charge in [0.05, 0.1) is 6.20 Å². The predicted octanol–water partition coefficient (Wildman–Crippen LogP) is -0.480. The summed E-state index contributed by atoms with van der Waals surface area (Å²) < 4.78 is 3.43. The monoisotopic (exact) mass is 193 g/mol. The molecule has 0 spiro atoms. The average Bonchev–Trinajstić information content (AvgIpc) is 2.76. The Hall–Kier alpha value is -1.92. The summed E-state index contributed by atoms with van der Waals surface area (Å²) in [6, 6.07) is 0. The zero-order chi connectivity index (χ0) is 9.97. The number of anilines is 1. The Balaban J connectivity index is 2.18. The summed E-state index contributed by atoms with van der Waals surface area (Å²) in [5.41, 5.74) is 5.44. The topological polar surface area (TPSA) is 87.4 Å². The number of hydrogen-bond donors (Lipinski definition) is 1. The van der Waals surface area contributed by atoms with Crippen LogP contribution in [0.15, 0.2) is 12.5 Å². The van der Waals surface area contributed by atoms with E-state index in [9.17, 15) is 0 Å². The standard InChI is InChI=1S/C7H11N7/c1-2-14-7(9-5-10-14)4-13-3-6(8)11-12-13/h3,5H,2,4,8H2,1H3. The normalized spacial score (nSPS) is 10.6. The van der Waals surface area contributed by atoms with Crippen LogP contribution in [0.25, 0.3) is 0 Å². The van der Waals surface area contributed by atoms with Gasteiger partial charge in [-0.2, -0.15) is 5.10 Å². The van der Waals surface area contributed by atoms with E-state index in [-0.39, 0.29) is 0 Å². The number of rotatable bonds is 3. The van der Waals surface area contributed by atoms with Crippen LogP contribution < -0.4 is 5.73 Å². The number of nitrogens with two attached hydrogens (primary N) is 1. The molecule has 14 heavy (non-hydrogen) atoms. The summed E-state index contributed by atoms with van der Waals surface area (Å²) >= 11 is 0. The van der Waals surface area contributed by atoms with Crippen LogP contribution in [0.5, 0.6) is 0 Å². The van der Waals surface area contributed by atoms with E-state index < -0.39 is 0 Å². The Bertz CT molecular complexity index is 415. The van der Waals surface area contributed by atoms with Crippen molar-refractivity contribution < 1.29 is 0 Å². The minimum absolute atomic E-state index is 0.410. The maximum Gasteiger partial charge on any atom is 0.165 e. The van der Waals surface area contributed by atoms with Gasteiger partial charge in [-0.15, -0.1) is 5.10 Å². The van der Waals surface area contributed by atoms with Crippen LogP contribution in [0.2, 0.25) is 0 Å². The fourth-order valence-corrected chi connectivity index (χ4v) is 1.21. The van der Waals surface area contributed by atoms with E-state index in [4.69, 9.17) is 5.73 Å². The Kier molecular flexibility index (Phi) is 2.13. The van der Waals surface area contributed by atoms with Crippen molar-refractivity contribution in [2.24, 2.45) is 0 Å². The molecule has 0 radical (unpaired) electrons. The third-order valence-electron chi connectivity index (χ3n) is 1.86. The summed E-state index contributed by atoms with van der Waals surface area (Å²) in [4.78, 5) is 4.11. The number of aryl methyl sites for hydroxylation is 1. The van der Waals surface area contributed by atoms with Crippen LogP contribution >= 0.6 is 0 Å². The number of hydrogen-bond acceptors (Lipinski definition) is 5. The summed E-state index contributed by atoms with van der Waals surface area (Å²) in [6.07, 6.45) is 3.19. The number of nitrogens with zero attached hydrogens (tertiary/aromatic N) is 6. The van der Waals surface area contributed by atoms with Crippen LogP contribution in [0.3, 0.4) is 0 Å². The molecule has 2 N–H and O–H groups in total.